The average Bonchev–Trinajstić information content (AvgIpc) is 2.89. The van der Waals surface area contributed by atoms with Crippen LogP contribution < -0.4 is 5.32 Å². The lowest BCUT2D eigenvalue weighted by Gasteiger charge is -2.12. The van der Waals surface area contributed by atoms with Gasteiger partial charge in [0.25, 0.3) is 5.91 Å². The van der Waals surface area contributed by atoms with Crippen molar-refractivity contribution in [1.29, 1.82) is 0 Å². The summed E-state index contributed by atoms with van der Waals surface area (Å²) in [5.74, 6) is -1.22. The van der Waals surface area contributed by atoms with Gasteiger partial charge in [-0.1, -0.05) is 35.9 Å². The maximum atomic E-state index is 13.0. The molecule has 0 atom stereocenters. The van der Waals surface area contributed by atoms with E-state index in [1.54, 1.807) is 30.3 Å². The number of fused-ring (bicyclic) bond motifs is 1. The van der Waals surface area contributed by atoms with Crippen LogP contribution in [0.5, 0.6) is 0 Å². The van der Waals surface area contributed by atoms with E-state index in [9.17, 15) is 22.8 Å². The number of hydrogen-bond donors (Lipinski definition) is 2. The highest BCUT2D eigenvalue weighted by molar-refractivity contribution is 6.30. The van der Waals surface area contributed by atoms with Gasteiger partial charge >= 0.3 is 12.1 Å². The number of amides is 1. The smallest absolute Gasteiger partial charge is 0.416 e. The number of rotatable bonds is 9. The van der Waals surface area contributed by atoms with E-state index in [-0.39, 0.29) is 12.3 Å². The molecule has 1 amide bonds. The van der Waals surface area contributed by atoms with Crippen LogP contribution in [-0.4, -0.2) is 27.0 Å². The van der Waals surface area contributed by atoms with Crippen LogP contribution in [0.2, 0.25) is 5.02 Å². The van der Waals surface area contributed by atoms with Crippen molar-refractivity contribution in [3.05, 3.63) is 94.1 Å². The first kappa shape index (κ1) is 27.1. The van der Waals surface area contributed by atoms with Crippen LogP contribution >= 0.6 is 11.6 Å². The van der Waals surface area contributed by atoms with Gasteiger partial charge in [-0.25, -0.2) is 9.97 Å². The molecule has 0 saturated heterocycles. The third-order valence-electron chi connectivity index (χ3n) is 5.90. The molecule has 1 aromatic heterocycles. The molecule has 6 nitrogen and oxygen atoms in total. The van der Waals surface area contributed by atoms with Crippen molar-refractivity contribution in [1.82, 2.24) is 15.3 Å². The lowest BCUT2D eigenvalue weighted by molar-refractivity contribution is -0.138. The fraction of sp³-hybridized carbons (Fsp3) is 0.214. The number of carboxylic acid groups (broad SMARTS) is 1. The first-order chi connectivity index (χ1) is 18.1. The van der Waals surface area contributed by atoms with Gasteiger partial charge in [0.1, 0.15) is 0 Å². The van der Waals surface area contributed by atoms with Gasteiger partial charge in [0.05, 0.1) is 28.0 Å². The Labute approximate surface area is 221 Å². The van der Waals surface area contributed by atoms with Gasteiger partial charge in [0.2, 0.25) is 0 Å². The van der Waals surface area contributed by atoms with Gasteiger partial charge in [-0.05, 0) is 67.3 Å². The standard InChI is InChI=1S/C28H23ClF3N3O3/c29-21-12-5-17(6-13-21)16-33-27(38)19-9-14-22-24(15-19)34-23(3-1-2-4-25(36)37)26(35-22)18-7-10-20(11-8-18)28(30,31)32/h5-15H,1-4,16H2,(H,33,38)(H,36,37). The Kier molecular flexibility index (Phi) is 8.26. The number of nitrogens with zero attached hydrogens (tertiary/aromatic N) is 2. The number of carboxylic acids is 1. The number of nitrogens with one attached hydrogen (secondary N) is 1. The molecule has 2 N–H and O–H groups in total. The number of carbonyl (C=O) groups is 2. The average molecular weight is 542 g/mol. The molecule has 0 aliphatic rings. The Morgan fingerprint density at radius 2 is 1.61 bits per heavy atom. The molecule has 0 aliphatic heterocycles. The lowest BCUT2D eigenvalue weighted by Crippen LogP contribution is -2.22. The summed E-state index contributed by atoms with van der Waals surface area (Å²) < 4.78 is 39.1. The molecule has 10 heteroatoms. The van der Waals surface area contributed by atoms with Gasteiger partial charge < -0.3 is 10.4 Å². The maximum absolute atomic E-state index is 13.0. The van der Waals surface area contributed by atoms with E-state index in [1.807, 2.05) is 12.1 Å². The van der Waals surface area contributed by atoms with E-state index in [1.165, 1.54) is 12.1 Å². The number of hydrogen-bond acceptors (Lipinski definition) is 4. The SMILES string of the molecule is O=C(O)CCCCc1nc2cc(C(=O)NCc3ccc(Cl)cc3)ccc2nc1-c1ccc(C(F)(F)F)cc1. The monoisotopic (exact) mass is 541 g/mol. The minimum Gasteiger partial charge on any atom is -0.481 e. The summed E-state index contributed by atoms with van der Waals surface area (Å²) >= 11 is 5.90. The topological polar surface area (TPSA) is 92.2 Å². The molecule has 0 bridgehead atoms. The van der Waals surface area contributed by atoms with Crippen molar-refractivity contribution in [3.63, 3.8) is 0 Å². The Bertz CT molecular complexity index is 1460. The summed E-state index contributed by atoms with van der Waals surface area (Å²) in [4.78, 5) is 33.0. The lowest BCUT2D eigenvalue weighted by atomic mass is 10.0. The quantitative estimate of drug-likeness (QED) is 0.230. The van der Waals surface area contributed by atoms with Gasteiger partial charge in [-0.2, -0.15) is 13.2 Å². The summed E-state index contributed by atoms with van der Waals surface area (Å²) in [6.07, 6.45) is -3.18. The fourth-order valence-corrected chi connectivity index (χ4v) is 4.04. The molecule has 196 valence electrons. The predicted molar refractivity (Wildman–Crippen MR) is 138 cm³/mol. The van der Waals surface area contributed by atoms with E-state index in [0.717, 1.165) is 17.7 Å². The second-order valence-electron chi connectivity index (χ2n) is 8.71. The molecule has 0 fully saturated rings. The largest absolute Gasteiger partial charge is 0.481 e. The van der Waals surface area contributed by atoms with Crippen LogP contribution in [0.15, 0.2) is 66.7 Å². The second kappa shape index (κ2) is 11.6. The molecular formula is C28H23ClF3N3O3. The number of benzene rings is 3. The number of unbranched alkanes of at least 4 members (excludes halogenated alkanes) is 1. The number of alkyl halides is 3. The molecule has 0 radical (unpaired) electrons. The number of aryl methyl sites for hydroxylation is 1. The van der Waals surface area contributed by atoms with E-state index >= 15 is 0 Å². The minimum absolute atomic E-state index is 0.00540. The molecule has 0 aliphatic carbocycles. The summed E-state index contributed by atoms with van der Waals surface area (Å²) in [5, 5.41) is 12.4. The van der Waals surface area contributed by atoms with E-state index in [4.69, 9.17) is 16.7 Å². The van der Waals surface area contributed by atoms with Crippen molar-refractivity contribution in [2.45, 2.75) is 38.4 Å². The third-order valence-corrected chi connectivity index (χ3v) is 6.16. The van der Waals surface area contributed by atoms with E-state index in [0.29, 0.717) is 64.4 Å². The zero-order valence-corrected chi connectivity index (χ0v) is 20.8. The zero-order chi connectivity index (χ0) is 27.3. The Balaban J connectivity index is 1.62. The number of halogens is 4. The molecule has 1 heterocycles. The highest BCUT2D eigenvalue weighted by atomic mass is 35.5. The highest BCUT2D eigenvalue weighted by Crippen LogP contribution is 2.32. The third kappa shape index (κ3) is 6.86. The summed E-state index contributed by atoms with van der Waals surface area (Å²) in [5.41, 5.74) is 2.81. The molecule has 0 spiro atoms. The van der Waals surface area contributed by atoms with Gasteiger partial charge in [0.15, 0.2) is 0 Å². The van der Waals surface area contributed by atoms with Crippen LogP contribution in [-0.2, 0) is 23.9 Å². The molecular weight excluding hydrogens is 519 g/mol. The predicted octanol–water partition coefficient (Wildman–Crippen LogP) is 6.70. The number of aliphatic carboxylic acids is 1. The maximum Gasteiger partial charge on any atom is 0.416 e. The molecule has 38 heavy (non-hydrogen) atoms. The number of aromatic nitrogens is 2. The van der Waals surface area contributed by atoms with E-state index in [2.05, 4.69) is 15.3 Å². The Morgan fingerprint density at radius 1 is 0.895 bits per heavy atom. The van der Waals surface area contributed by atoms with Gasteiger partial charge in [-0.15, -0.1) is 0 Å². The van der Waals surface area contributed by atoms with Crippen LogP contribution in [0.1, 0.15) is 46.4 Å². The Hall–Kier alpha value is -3.98. The van der Waals surface area contributed by atoms with Crippen molar-refractivity contribution in [3.8, 4) is 11.3 Å². The van der Waals surface area contributed by atoms with Crippen molar-refractivity contribution in [2.75, 3.05) is 0 Å². The summed E-state index contributed by atoms with van der Waals surface area (Å²) in [6, 6.07) is 16.6. The van der Waals surface area contributed by atoms with E-state index < -0.39 is 17.7 Å². The van der Waals surface area contributed by atoms with Gasteiger partial charge in [-0.3, -0.25) is 9.59 Å². The van der Waals surface area contributed by atoms with Gasteiger partial charge in [0, 0.05) is 29.1 Å². The molecule has 0 saturated carbocycles. The second-order valence-corrected chi connectivity index (χ2v) is 9.14. The fourth-order valence-electron chi connectivity index (χ4n) is 3.91. The summed E-state index contributed by atoms with van der Waals surface area (Å²) in [7, 11) is 0. The first-order valence-electron chi connectivity index (χ1n) is 11.8. The summed E-state index contributed by atoms with van der Waals surface area (Å²) in [6.45, 7) is 0.307. The first-order valence-corrected chi connectivity index (χ1v) is 12.2. The molecule has 4 aromatic rings. The normalized spacial score (nSPS) is 11.5. The zero-order valence-electron chi connectivity index (χ0n) is 20.1. The highest BCUT2D eigenvalue weighted by Gasteiger charge is 2.30. The van der Waals surface area contributed by atoms with Crippen molar-refractivity contribution < 1.29 is 27.9 Å². The molecule has 4 rings (SSSR count). The minimum atomic E-state index is -4.46. The Morgan fingerprint density at radius 3 is 2.26 bits per heavy atom. The number of carbonyl (C=O) groups excluding carboxylic acids is 1. The molecule has 0 unspecified atom stereocenters. The van der Waals surface area contributed by atoms with Crippen LogP contribution in [0, 0.1) is 0 Å². The van der Waals surface area contributed by atoms with Crippen LogP contribution in [0.4, 0.5) is 13.2 Å². The van der Waals surface area contributed by atoms with Crippen LogP contribution in [0.25, 0.3) is 22.3 Å². The van der Waals surface area contributed by atoms with Crippen molar-refractivity contribution in [2.24, 2.45) is 0 Å². The van der Waals surface area contributed by atoms with Crippen molar-refractivity contribution >= 4 is 34.5 Å². The molecule has 3 aromatic carbocycles. The van der Waals surface area contributed by atoms with Crippen LogP contribution in [0.3, 0.4) is 0 Å².